The summed E-state index contributed by atoms with van der Waals surface area (Å²) in [4.78, 5) is 10.8. The summed E-state index contributed by atoms with van der Waals surface area (Å²) in [5.41, 5.74) is 0. The number of aliphatic hydroxyl groups excluding tert-OH is 1. The lowest BCUT2D eigenvalue weighted by Gasteiger charge is -2.03. The Kier molecular flexibility index (Phi) is 2.88. The molecule has 0 saturated heterocycles. The van der Waals surface area contributed by atoms with Gasteiger partial charge in [-0.15, -0.1) is 0 Å². The Balaban J connectivity index is 2.77. The van der Waals surface area contributed by atoms with Crippen LogP contribution in [-0.4, -0.2) is 18.2 Å². The van der Waals surface area contributed by atoms with Gasteiger partial charge >= 0.3 is 5.97 Å². The van der Waals surface area contributed by atoms with Crippen molar-refractivity contribution in [1.29, 1.82) is 0 Å². The molecule has 0 fully saturated rings. The molecule has 12 heavy (non-hydrogen) atoms. The zero-order chi connectivity index (χ0) is 9.14. The van der Waals surface area contributed by atoms with Crippen LogP contribution in [0.2, 0.25) is 0 Å². The zero-order valence-corrected chi connectivity index (χ0v) is 7.87. The largest absolute Gasteiger partial charge is 0.467 e. The summed E-state index contributed by atoms with van der Waals surface area (Å²) in [7, 11) is 1.20. The molecule has 1 aromatic rings. The van der Waals surface area contributed by atoms with E-state index in [1.165, 1.54) is 19.4 Å². The fraction of sp³-hybridized carbons (Fsp3) is 0.286. The Hall–Kier alpha value is -0.810. The van der Waals surface area contributed by atoms with Gasteiger partial charge in [0.1, 0.15) is 12.0 Å². The molecule has 1 rings (SSSR count). The van der Waals surface area contributed by atoms with Crippen molar-refractivity contribution in [3.05, 3.63) is 22.6 Å². The number of carbonyl (C=O) groups excluding carboxylic acids is 1. The average Bonchev–Trinajstić information content (AvgIpc) is 2.49. The Bertz CT molecular complexity index is 281. The van der Waals surface area contributed by atoms with Crippen molar-refractivity contribution in [3.63, 3.8) is 0 Å². The van der Waals surface area contributed by atoms with Crippen LogP contribution in [0, 0.1) is 0 Å². The van der Waals surface area contributed by atoms with Crippen LogP contribution in [0.5, 0.6) is 0 Å². The van der Waals surface area contributed by atoms with Gasteiger partial charge in [-0.05, 0) is 22.0 Å². The van der Waals surface area contributed by atoms with Crippen molar-refractivity contribution in [2.75, 3.05) is 7.11 Å². The van der Waals surface area contributed by atoms with Crippen molar-refractivity contribution in [2.24, 2.45) is 0 Å². The first-order valence-electron chi connectivity index (χ1n) is 3.15. The standard InChI is InChI=1S/C7H7BrO4/c1-11-7(10)6(9)5-2-4(8)3-12-5/h2-3,6,9H,1H3. The highest BCUT2D eigenvalue weighted by atomic mass is 79.9. The number of hydrogen-bond acceptors (Lipinski definition) is 4. The topological polar surface area (TPSA) is 59.7 Å². The summed E-state index contributed by atoms with van der Waals surface area (Å²) >= 11 is 3.11. The summed E-state index contributed by atoms with van der Waals surface area (Å²) in [6, 6.07) is 1.50. The van der Waals surface area contributed by atoms with E-state index in [2.05, 4.69) is 20.7 Å². The molecule has 1 heterocycles. The minimum Gasteiger partial charge on any atom is -0.467 e. The second kappa shape index (κ2) is 3.73. The molecule has 66 valence electrons. The Morgan fingerprint density at radius 1 is 1.83 bits per heavy atom. The summed E-state index contributed by atoms with van der Waals surface area (Å²) in [6.07, 6.45) is 0.0305. The van der Waals surface area contributed by atoms with E-state index in [4.69, 9.17) is 4.42 Å². The minimum atomic E-state index is -1.35. The maximum Gasteiger partial charge on any atom is 0.342 e. The summed E-state index contributed by atoms with van der Waals surface area (Å²) in [5, 5.41) is 9.21. The highest BCUT2D eigenvalue weighted by molar-refractivity contribution is 9.10. The molecule has 0 amide bonds. The molecule has 0 bridgehead atoms. The zero-order valence-electron chi connectivity index (χ0n) is 6.28. The first-order chi connectivity index (χ1) is 5.65. The van der Waals surface area contributed by atoms with Crippen LogP contribution >= 0.6 is 15.9 Å². The van der Waals surface area contributed by atoms with E-state index < -0.39 is 12.1 Å². The van der Waals surface area contributed by atoms with Gasteiger partial charge in [-0.1, -0.05) is 0 Å². The van der Waals surface area contributed by atoms with E-state index in [-0.39, 0.29) is 5.76 Å². The van der Waals surface area contributed by atoms with Crippen molar-refractivity contribution in [1.82, 2.24) is 0 Å². The van der Waals surface area contributed by atoms with Crippen LogP contribution in [0.3, 0.4) is 0 Å². The van der Waals surface area contributed by atoms with Crippen molar-refractivity contribution in [2.45, 2.75) is 6.10 Å². The van der Waals surface area contributed by atoms with Gasteiger partial charge in [0.15, 0.2) is 0 Å². The van der Waals surface area contributed by atoms with Crippen molar-refractivity contribution < 1.29 is 19.1 Å². The van der Waals surface area contributed by atoms with Gasteiger partial charge in [-0.25, -0.2) is 4.79 Å². The number of furan rings is 1. The highest BCUT2D eigenvalue weighted by Crippen LogP contribution is 2.20. The summed E-state index contributed by atoms with van der Waals surface area (Å²) in [6.45, 7) is 0. The van der Waals surface area contributed by atoms with E-state index >= 15 is 0 Å². The highest BCUT2D eigenvalue weighted by Gasteiger charge is 2.21. The lowest BCUT2D eigenvalue weighted by Crippen LogP contribution is -2.12. The normalized spacial score (nSPS) is 12.6. The third-order valence-electron chi connectivity index (χ3n) is 1.28. The number of ether oxygens (including phenoxy) is 1. The molecule has 4 nitrogen and oxygen atoms in total. The van der Waals surface area contributed by atoms with Crippen LogP contribution in [0.25, 0.3) is 0 Å². The molecule has 0 aliphatic rings. The molecule has 0 radical (unpaired) electrons. The van der Waals surface area contributed by atoms with Gasteiger partial charge in [0.2, 0.25) is 6.10 Å². The lowest BCUT2D eigenvalue weighted by atomic mass is 10.3. The number of aliphatic hydroxyl groups is 1. The molecule has 0 aromatic carbocycles. The van der Waals surface area contributed by atoms with E-state index in [0.29, 0.717) is 4.47 Å². The van der Waals surface area contributed by atoms with E-state index in [1.807, 2.05) is 0 Å². The number of hydrogen-bond donors (Lipinski definition) is 1. The molecule has 0 aliphatic heterocycles. The van der Waals surface area contributed by atoms with Crippen LogP contribution in [-0.2, 0) is 9.53 Å². The first-order valence-corrected chi connectivity index (χ1v) is 3.94. The molecule has 5 heteroatoms. The number of esters is 1. The number of carbonyl (C=O) groups is 1. The van der Waals surface area contributed by atoms with Crippen molar-refractivity contribution >= 4 is 21.9 Å². The van der Waals surface area contributed by atoms with Crippen LogP contribution < -0.4 is 0 Å². The third-order valence-corrected chi connectivity index (χ3v) is 1.70. The Morgan fingerprint density at radius 3 is 2.92 bits per heavy atom. The predicted molar refractivity (Wildman–Crippen MR) is 43.4 cm³/mol. The molecule has 1 atom stereocenters. The Labute approximate surface area is 77.3 Å². The molecule has 1 N–H and O–H groups in total. The second-order valence-electron chi connectivity index (χ2n) is 2.09. The lowest BCUT2D eigenvalue weighted by molar-refractivity contribution is -0.151. The van der Waals surface area contributed by atoms with Crippen molar-refractivity contribution in [3.8, 4) is 0 Å². The van der Waals surface area contributed by atoms with E-state index in [1.54, 1.807) is 0 Å². The smallest absolute Gasteiger partial charge is 0.342 e. The number of rotatable bonds is 2. The molecular formula is C7H7BrO4. The van der Waals surface area contributed by atoms with Gasteiger partial charge in [-0.3, -0.25) is 0 Å². The van der Waals surface area contributed by atoms with E-state index in [0.717, 1.165) is 0 Å². The first kappa shape index (κ1) is 9.28. The molecule has 1 unspecified atom stereocenters. The quantitative estimate of drug-likeness (QED) is 0.783. The number of methoxy groups -OCH3 is 1. The maximum atomic E-state index is 10.8. The second-order valence-corrected chi connectivity index (χ2v) is 3.01. The monoisotopic (exact) mass is 234 g/mol. The van der Waals surface area contributed by atoms with Gasteiger partial charge in [0.25, 0.3) is 0 Å². The van der Waals surface area contributed by atoms with Gasteiger partial charge in [0, 0.05) is 0 Å². The molecule has 1 aromatic heterocycles. The predicted octanol–water partition coefficient (Wildman–Crippen LogP) is 1.25. The Morgan fingerprint density at radius 2 is 2.50 bits per heavy atom. The molecule has 0 spiro atoms. The molecular weight excluding hydrogens is 228 g/mol. The molecule has 0 aliphatic carbocycles. The van der Waals surface area contributed by atoms with Crippen LogP contribution in [0.1, 0.15) is 11.9 Å². The SMILES string of the molecule is COC(=O)C(O)c1cc(Br)co1. The van der Waals surface area contributed by atoms with Crippen LogP contribution in [0.4, 0.5) is 0 Å². The minimum absolute atomic E-state index is 0.161. The third kappa shape index (κ3) is 1.86. The fourth-order valence-electron chi connectivity index (χ4n) is 0.699. The summed E-state index contributed by atoms with van der Waals surface area (Å²) in [5.74, 6) is -0.578. The van der Waals surface area contributed by atoms with Gasteiger partial charge in [-0.2, -0.15) is 0 Å². The maximum absolute atomic E-state index is 10.8. The van der Waals surface area contributed by atoms with Gasteiger partial charge < -0.3 is 14.3 Å². The van der Waals surface area contributed by atoms with Gasteiger partial charge in [0.05, 0.1) is 11.6 Å². The number of halogens is 1. The fourth-order valence-corrected chi connectivity index (χ4v) is 1.02. The average molecular weight is 235 g/mol. The van der Waals surface area contributed by atoms with E-state index in [9.17, 15) is 9.90 Å². The molecule has 0 saturated carbocycles. The van der Waals surface area contributed by atoms with Crippen LogP contribution in [0.15, 0.2) is 21.2 Å². The summed E-state index contributed by atoms with van der Waals surface area (Å²) < 4.78 is 9.83.